The largest absolute Gasteiger partial charge is 0.491 e. The van der Waals surface area contributed by atoms with E-state index in [9.17, 15) is 19.8 Å². The number of nitrogens with two attached hydrogens (primary N) is 2. The molecule has 0 saturated carbocycles. The Balaban J connectivity index is 1.24. The predicted molar refractivity (Wildman–Crippen MR) is 221 cm³/mol. The van der Waals surface area contributed by atoms with Gasteiger partial charge in [0.15, 0.2) is 11.4 Å². The van der Waals surface area contributed by atoms with Crippen LogP contribution in [-0.4, -0.2) is 78.9 Å². The molecule has 7 N–H and O–H groups in total. The van der Waals surface area contributed by atoms with E-state index in [1.807, 2.05) is 59.7 Å². The van der Waals surface area contributed by atoms with Gasteiger partial charge >= 0.3 is 0 Å². The van der Waals surface area contributed by atoms with Gasteiger partial charge in [-0.3, -0.25) is 24.3 Å². The van der Waals surface area contributed by atoms with Gasteiger partial charge in [-0.2, -0.15) is 10.2 Å². The van der Waals surface area contributed by atoms with E-state index in [0.717, 1.165) is 11.4 Å². The number of amides is 2. The minimum absolute atomic E-state index is 0.0740. The van der Waals surface area contributed by atoms with Crippen LogP contribution in [0.1, 0.15) is 64.3 Å². The highest BCUT2D eigenvalue weighted by molar-refractivity contribution is 6.12. The van der Waals surface area contributed by atoms with E-state index in [0.29, 0.717) is 92.0 Å². The summed E-state index contributed by atoms with van der Waals surface area (Å²) in [7, 11) is 0. The van der Waals surface area contributed by atoms with Gasteiger partial charge in [-0.25, -0.2) is 15.0 Å². The Kier molecular flexibility index (Phi) is 10.4. The first kappa shape index (κ1) is 39.0. The molecule has 0 aliphatic rings. The molecule has 1 unspecified atom stereocenters. The van der Waals surface area contributed by atoms with E-state index in [4.69, 9.17) is 35.6 Å². The molecule has 0 aliphatic heterocycles. The minimum Gasteiger partial charge on any atom is -0.491 e. The molecule has 2 amide bonds. The maximum Gasteiger partial charge on any atom is 0.276 e. The highest BCUT2D eigenvalue weighted by Crippen LogP contribution is 2.37. The number of carbonyl (C=O) groups excluding carboxylic acids is 2. The second kappa shape index (κ2) is 15.8. The van der Waals surface area contributed by atoms with Crippen LogP contribution in [-0.2, 0) is 26.2 Å². The molecular formula is C41H44N12O6. The number of hydrogen-bond acceptors (Lipinski definition) is 12. The Hall–Kier alpha value is -6.89. The normalized spacial score (nSPS) is 12.5. The smallest absolute Gasteiger partial charge is 0.276 e. The highest BCUT2D eigenvalue weighted by atomic mass is 16.5. The first-order chi connectivity index (χ1) is 28.5. The number of aryl methyl sites for hydroxylation is 4. The lowest BCUT2D eigenvalue weighted by Crippen LogP contribution is -2.19. The third kappa shape index (κ3) is 7.06. The van der Waals surface area contributed by atoms with Crippen molar-refractivity contribution in [3.8, 4) is 17.3 Å². The average Bonchev–Trinajstić information content (AvgIpc) is 4.05. The van der Waals surface area contributed by atoms with E-state index in [1.165, 1.54) is 6.26 Å². The lowest BCUT2D eigenvalue weighted by molar-refractivity contribution is 0.0995. The molecule has 8 aromatic rings. The number of aliphatic hydroxyl groups is 2. The van der Waals surface area contributed by atoms with Gasteiger partial charge in [0.2, 0.25) is 11.9 Å². The summed E-state index contributed by atoms with van der Waals surface area (Å²) < 4.78 is 19.4. The number of primary amides is 1. The number of fused-ring (bicyclic) bond motifs is 6. The van der Waals surface area contributed by atoms with Gasteiger partial charge in [0, 0.05) is 72.7 Å². The molecular weight excluding hydrogens is 757 g/mol. The molecule has 0 spiro atoms. The Labute approximate surface area is 336 Å². The molecule has 0 bridgehead atoms. The summed E-state index contributed by atoms with van der Waals surface area (Å²) in [6.45, 7) is 9.39. The van der Waals surface area contributed by atoms with E-state index in [1.54, 1.807) is 41.2 Å². The number of ether oxygens (including phenoxy) is 1. The number of hydrogen-bond donors (Lipinski definition) is 5. The van der Waals surface area contributed by atoms with Crippen LogP contribution in [0.4, 0.5) is 5.95 Å². The number of aliphatic hydroxyl groups excluding tert-OH is 2. The minimum atomic E-state index is -1.29. The van der Waals surface area contributed by atoms with E-state index < -0.39 is 18.0 Å². The van der Waals surface area contributed by atoms with Crippen molar-refractivity contribution >= 4 is 61.7 Å². The molecule has 2 aromatic carbocycles. The van der Waals surface area contributed by atoms with Gasteiger partial charge in [0.25, 0.3) is 5.91 Å². The molecule has 1 atom stereocenters. The van der Waals surface area contributed by atoms with Gasteiger partial charge < -0.3 is 40.0 Å². The molecule has 6 aromatic heterocycles. The van der Waals surface area contributed by atoms with Crippen LogP contribution in [0.25, 0.3) is 55.5 Å². The third-order valence-corrected chi connectivity index (χ3v) is 10.1. The second-order valence-electron chi connectivity index (χ2n) is 14.1. The van der Waals surface area contributed by atoms with Crippen LogP contribution in [0.15, 0.2) is 65.4 Å². The number of aromatic nitrogens is 9. The van der Waals surface area contributed by atoms with Crippen molar-refractivity contribution in [2.45, 2.75) is 66.5 Å². The maximum absolute atomic E-state index is 13.7. The molecule has 6 heterocycles. The number of anilines is 1. The molecule has 18 heteroatoms. The number of carbonyl (C=O) groups is 2. The Morgan fingerprint density at radius 3 is 2.42 bits per heavy atom. The van der Waals surface area contributed by atoms with E-state index >= 15 is 0 Å². The van der Waals surface area contributed by atoms with Crippen LogP contribution >= 0.6 is 0 Å². The molecule has 8 rings (SSSR count). The Morgan fingerprint density at radius 2 is 1.69 bits per heavy atom. The zero-order chi connectivity index (χ0) is 41.5. The van der Waals surface area contributed by atoms with Crippen molar-refractivity contribution in [1.29, 1.82) is 0 Å². The van der Waals surface area contributed by atoms with E-state index in [-0.39, 0.29) is 37.8 Å². The zero-order valence-corrected chi connectivity index (χ0v) is 33.0. The van der Waals surface area contributed by atoms with Crippen LogP contribution in [0.3, 0.4) is 0 Å². The number of imidazole rings is 1. The SMILES string of the molecule is CCn1nc(C)cc1C(=O)Nc1nc2cc(C(N)O)c3ccoc3c2n1C/C=C/Cn1c2nc(-c3cc(C)nn3CC)ncc2c2cc(C(N)=O)cc(OCCCO)c21. The van der Waals surface area contributed by atoms with Crippen molar-refractivity contribution in [2.24, 2.45) is 11.5 Å². The molecule has 0 aliphatic carbocycles. The molecule has 0 saturated heterocycles. The monoisotopic (exact) mass is 800 g/mol. The lowest BCUT2D eigenvalue weighted by Gasteiger charge is -2.12. The molecule has 59 heavy (non-hydrogen) atoms. The summed E-state index contributed by atoms with van der Waals surface area (Å²) in [5.41, 5.74) is 17.8. The van der Waals surface area contributed by atoms with Gasteiger partial charge in [-0.1, -0.05) is 12.2 Å². The van der Waals surface area contributed by atoms with Crippen molar-refractivity contribution in [3.05, 3.63) is 89.2 Å². The number of nitrogens with zero attached hydrogens (tertiary/aromatic N) is 9. The molecule has 0 radical (unpaired) electrons. The number of rotatable bonds is 15. The fourth-order valence-electron chi connectivity index (χ4n) is 7.50. The lowest BCUT2D eigenvalue weighted by atomic mass is 10.1. The Morgan fingerprint density at radius 1 is 0.949 bits per heavy atom. The summed E-state index contributed by atoms with van der Waals surface area (Å²) in [6, 6.07) is 10.4. The number of furan rings is 1. The number of allylic oxidation sites excluding steroid dienone is 2. The summed E-state index contributed by atoms with van der Waals surface area (Å²) >= 11 is 0. The maximum atomic E-state index is 13.7. The van der Waals surface area contributed by atoms with Crippen LogP contribution in [0.2, 0.25) is 0 Å². The molecule has 0 fully saturated rings. The van der Waals surface area contributed by atoms with Crippen molar-refractivity contribution in [1.82, 2.24) is 43.6 Å². The first-order valence-corrected chi connectivity index (χ1v) is 19.3. The molecule has 304 valence electrons. The fraction of sp³-hybridized carbons (Fsp3) is 0.293. The average molecular weight is 801 g/mol. The summed E-state index contributed by atoms with van der Waals surface area (Å²) in [4.78, 5) is 40.8. The van der Waals surface area contributed by atoms with Crippen molar-refractivity contribution < 1.29 is 29.0 Å². The van der Waals surface area contributed by atoms with Gasteiger partial charge in [0.05, 0.1) is 35.3 Å². The van der Waals surface area contributed by atoms with E-state index in [2.05, 4.69) is 15.5 Å². The van der Waals surface area contributed by atoms with Crippen molar-refractivity contribution in [2.75, 3.05) is 18.5 Å². The third-order valence-electron chi connectivity index (χ3n) is 10.1. The number of benzene rings is 2. The fourth-order valence-corrected chi connectivity index (χ4v) is 7.50. The van der Waals surface area contributed by atoms with Crippen LogP contribution in [0, 0.1) is 13.8 Å². The highest BCUT2D eigenvalue weighted by Gasteiger charge is 2.24. The summed E-state index contributed by atoms with van der Waals surface area (Å²) in [5, 5.41) is 33.9. The van der Waals surface area contributed by atoms with Gasteiger partial charge in [-0.05, 0) is 64.1 Å². The predicted octanol–water partition coefficient (Wildman–Crippen LogP) is 4.72. The summed E-state index contributed by atoms with van der Waals surface area (Å²) in [6.07, 6.45) is 6.20. The van der Waals surface area contributed by atoms with Crippen LogP contribution in [0.5, 0.6) is 5.75 Å². The van der Waals surface area contributed by atoms with Crippen molar-refractivity contribution in [3.63, 3.8) is 0 Å². The number of nitrogens with one attached hydrogen (secondary N) is 1. The van der Waals surface area contributed by atoms with Gasteiger partial charge in [-0.15, -0.1) is 0 Å². The van der Waals surface area contributed by atoms with Gasteiger partial charge in [0.1, 0.15) is 34.5 Å². The first-order valence-electron chi connectivity index (χ1n) is 19.3. The second-order valence-corrected chi connectivity index (χ2v) is 14.1. The topological polar surface area (TPSA) is 245 Å². The standard InChI is InChI=1S/C41H44N12O6/c1-5-52-30(16-22(3)48-52)38-44-21-28-26-18-24(36(42)55)19-32(58-14-9-13-54)33(26)50(39(28)46-38)11-7-8-12-51-34-29(20-27(37(43)56)25-10-15-59-35(25)34)45-41(51)47-40(57)31-17-23(4)49-53(31)6-2/h7-8,10,15-21,37,54,56H,5-6,9,11-14,43H2,1-4H3,(H2,42,55)(H,45,47,57)/b8-7+. The molecule has 18 nitrogen and oxygen atoms in total. The summed E-state index contributed by atoms with van der Waals surface area (Å²) in [5.74, 6) is 0.0981. The Bertz CT molecular complexity index is 2930. The zero-order valence-electron chi connectivity index (χ0n) is 33.0. The van der Waals surface area contributed by atoms with Crippen LogP contribution < -0.4 is 21.5 Å². The quantitative estimate of drug-likeness (QED) is 0.0538.